The van der Waals surface area contributed by atoms with Gasteiger partial charge in [-0.15, -0.1) is 10.2 Å². The van der Waals surface area contributed by atoms with Crippen LogP contribution in [0.4, 0.5) is 0 Å². The van der Waals surface area contributed by atoms with E-state index in [1.807, 2.05) is 0 Å². The van der Waals surface area contributed by atoms with Crippen LogP contribution >= 0.6 is 47.0 Å². The molecule has 0 amide bonds. The van der Waals surface area contributed by atoms with Crippen molar-refractivity contribution >= 4 is 70.6 Å². The van der Waals surface area contributed by atoms with Crippen LogP contribution in [-0.4, -0.2) is 106 Å². The second-order valence-electron chi connectivity index (χ2n) is 26.6. The average Bonchev–Trinajstić information content (AvgIpc) is 0.772. The highest BCUT2D eigenvalue weighted by atomic mass is 32.2. The number of benzene rings is 6. The van der Waals surface area contributed by atoms with Gasteiger partial charge < -0.3 is 43.0 Å². The second-order valence-corrected chi connectivity index (χ2v) is 30.9. The Balaban J connectivity index is 0.00000478. The number of carbonyl (C=O) groups excluding carboxylic acids is 4. The zero-order valence-electron chi connectivity index (χ0n) is 55.6. The van der Waals surface area contributed by atoms with Gasteiger partial charge in [0.25, 0.3) is 0 Å². The molecule has 0 radical (unpaired) electrons. The minimum atomic E-state index is -0.553. The van der Waals surface area contributed by atoms with Gasteiger partial charge in [-0.2, -0.15) is 0 Å². The first-order valence-electron chi connectivity index (χ1n) is 30.6. The van der Waals surface area contributed by atoms with Crippen LogP contribution < -0.4 is 28.4 Å². The summed E-state index contributed by atoms with van der Waals surface area (Å²) >= 11 is 5.87. The van der Waals surface area contributed by atoms with Crippen LogP contribution in [-0.2, 0) is 67.0 Å². The van der Waals surface area contributed by atoms with Crippen molar-refractivity contribution in [1.29, 1.82) is 0 Å². The molecule has 16 bridgehead atoms. The molecule has 0 saturated carbocycles. The Labute approximate surface area is 565 Å². The molecule has 1 aliphatic carbocycles. The average molecular weight is 1350 g/mol. The lowest BCUT2D eigenvalue weighted by molar-refractivity contribution is -0.143. The maximum atomic E-state index is 14.7. The number of esters is 2. The molecule has 2 aromatic heterocycles. The number of ketones is 2. The van der Waals surface area contributed by atoms with Crippen molar-refractivity contribution in [3.05, 3.63) is 153 Å². The van der Waals surface area contributed by atoms with Crippen LogP contribution in [0.25, 0.3) is 0 Å². The maximum absolute atomic E-state index is 14.7. The molecule has 3 aliphatic heterocycles. The molecule has 94 heavy (non-hydrogen) atoms. The first kappa shape index (κ1) is 68.9. The molecule has 0 saturated heterocycles. The Kier molecular flexibility index (Phi) is 20.6. The van der Waals surface area contributed by atoms with Gasteiger partial charge in [-0.1, -0.05) is 165 Å². The predicted octanol–water partition coefficient (Wildman–Crippen LogP) is 14.1. The molecular formula is C71H78N6O13S4. The summed E-state index contributed by atoms with van der Waals surface area (Å²) in [6, 6.07) is 27.0. The van der Waals surface area contributed by atoms with Crippen LogP contribution in [0.15, 0.2) is 136 Å². The zero-order valence-corrected chi connectivity index (χ0v) is 58.8. The predicted molar refractivity (Wildman–Crippen MR) is 360 cm³/mol. The lowest BCUT2D eigenvalue weighted by atomic mass is 9.83. The van der Waals surface area contributed by atoms with Gasteiger partial charge >= 0.3 is 11.9 Å². The van der Waals surface area contributed by atoms with Gasteiger partial charge in [-0.05, 0) is 105 Å². The molecule has 494 valence electrons. The van der Waals surface area contributed by atoms with Gasteiger partial charge in [0.1, 0.15) is 72.3 Å². The third-order valence-electron chi connectivity index (χ3n) is 15.6. The summed E-state index contributed by atoms with van der Waals surface area (Å²) in [5, 5.41) is 24.9. The standard InChI is InChI=1S/C70H74N6O12S4.CH4O/c1-67(2,3)39-25-49-63-50(26-39)90-54-30-42(70(10,11)12)32-56(66(54)88-38-58(78)82-14)92-52-28-40(68(4,5)6)27-51(91-55-31-41(69(7,8)9)29-53(89-49)65(55)87-37-57(77)81-13)64(52)84-24-22-76-34-44(72-74-76)36-86-48-20-16-18-46-60(48)62(80)59-45(61(46)79)17-15-19-47(59)85-35-43-33-75(73-71-43)21-23-83-63;1-2/h15-20,25-34H,21-24,35-38H2,1-14H3;2H,1H3. The number of aliphatic hydroxyl groups is 1. The first-order chi connectivity index (χ1) is 44.6. The van der Waals surface area contributed by atoms with Gasteiger partial charge in [0.15, 0.2) is 19.0 Å². The Morgan fingerprint density at radius 3 is 1.11 bits per heavy atom. The highest BCUT2D eigenvalue weighted by Crippen LogP contribution is 2.57. The Bertz CT molecular complexity index is 3850. The number of rotatable bonds is 6. The van der Waals surface area contributed by atoms with E-state index < -0.39 is 17.7 Å². The van der Waals surface area contributed by atoms with E-state index in [0.717, 1.165) is 48.9 Å². The third-order valence-corrected chi connectivity index (χ3v) is 19.8. The van der Waals surface area contributed by atoms with Crippen molar-refractivity contribution < 1.29 is 62.2 Å². The largest absolute Gasteiger partial charge is 0.489 e. The summed E-state index contributed by atoms with van der Waals surface area (Å²) in [6.45, 7) is 25.8. The van der Waals surface area contributed by atoms with E-state index in [1.54, 1.807) is 58.2 Å². The molecule has 4 aliphatic rings. The minimum Gasteiger partial charge on any atom is -0.489 e. The molecule has 19 nitrogen and oxygen atoms in total. The molecule has 0 atom stereocenters. The normalized spacial score (nSPS) is 14.3. The summed E-state index contributed by atoms with van der Waals surface area (Å²) < 4.78 is 54.3. The molecule has 6 aromatic carbocycles. The Hall–Kier alpha value is -7.96. The number of aliphatic hydroxyl groups excluding tert-OH is 1. The molecule has 23 heteroatoms. The third kappa shape index (κ3) is 15.4. The monoisotopic (exact) mass is 1350 g/mol. The van der Waals surface area contributed by atoms with E-state index in [-0.39, 0.29) is 114 Å². The highest BCUT2D eigenvalue weighted by molar-refractivity contribution is 8.01. The summed E-state index contributed by atoms with van der Waals surface area (Å²) in [5.74, 6) is 0.560. The van der Waals surface area contributed by atoms with Crippen LogP contribution in [0.3, 0.4) is 0 Å². The van der Waals surface area contributed by atoms with E-state index in [2.05, 4.69) is 152 Å². The highest BCUT2D eigenvalue weighted by Gasteiger charge is 2.36. The number of aromatic nitrogens is 6. The number of nitrogens with zero attached hydrogens (tertiary/aromatic N) is 6. The maximum Gasteiger partial charge on any atom is 0.343 e. The van der Waals surface area contributed by atoms with Crippen LogP contribution in [0.5, 0.6) is 34.5 Å². The van der Waals surface area contributed by atoms with Crippen molar-refractivity contribution in [1.82, 2.24) is 30.0 Å². The summed E-state index contributed by atoms with van der Waals surface area (Å²) in [5.41, 5.74) is 4.07. The Morgan fingerprint density at radius 1 is 0.479 bits per heavy atom. The molecule has 1 N–H and O–H groups in total. The minimum absolute atomic E-state index is 0.0766. The van der Waals surface area contributed by atoms with E-state index in [1.165, 1.54) is 61.3 Å². The summed E-state index contributed by atoms with van der Waals surface area (Å²) in [4.78, 5) is 61.3. The Morgan fingerprint density at radius 2 is 0.798 bits per heavy atom. The molecular weight excluding hydrogens is 1270 g/mol. The summed E-state index contributed by atoms with van der Waals surface area (Å²) in [6.07, 6.45) is 3.50. The van der Waals surface area contributed by atoms with E-state index in [4.69, 9.17) is 43.0 Å². The molecule has 12 rings (SSSR count). The number of carbonyl (C=O) groups is 4. The lowest BCUT2D eigenvalue weighted by Gasteiger charge is -2.28. The van der Waals surface area contributed by atoms with Crippen LogP contribution in [0, 0.1) is 0 Å². The smallest absolute Gasteiger partial charge is 0.343 e. The number of methoxy groups -OCH3 is 2. The quantitative estimate of drug-likeness (QED) is 0.153. The van der Waals surface area contributed by atoms with Crippen LogP contribution in [0.2, 0.25) is 0 Å². The van der Waals surface area contributed by atoms with Gasteiger partial charge in [-0.3, -0.25) is 9.59 Å². The lowest BCUT2D eigenvalue weighted by Crippen LogP contribution is -2.23. The van der Waals surface area contributed by atoms with Gasteiger partial charge in [0.05, 0.1) is 90.0 Å². The van der Waals surface area contributed by atoms with Crippen LogP contribution in [0.1, 0.15) is 149 Å². The van der Waals surface area contributed by atoms with Crippen molar-refractivity contribution in [2.24, 2.45) is 0 Å². The van der Waals surface area contributed by atoms with E-state index in [9.17, 15) is 19.2 Å². The van der Waals surface area contributed by atoms with Crippen molar-refractivity contribution in [2.45, 2.75) is 170 Å². The molecule has 8 aromatic rings. The number of fused-ring (bicyclic) bond motifs is 6. The number of ether oxygens (including phenoxy) is 8. The van der Waals surface area contributed by atoms with Crippen molar-refractivity contribution in [3.8, 4) is 34.5 Å². The fourth-order valence-corrected chi connectivity index (χ4v) is 15.1. The first-order valence-corrected chi connectivity index (χ1v) is 33.8. The van der Waals surface area contributed by atoms with Gasteiger partial charge in [-0.25, -0.2) is 19.0 Å². The fourth-order valence-electron chi connectivity index (χ4n) is 10.3. The van der Waals surface area contributed by atoms with Gasteiger partial charge in [0, 0.05) is 18.2 Å². The number of hydrogen-bond acceptors (Lipinski definition) is 21. The van der Waals surface area contributed by atoms with Crippen molar-refractivity contribution in [3.63, 3.8) is 0 Å². The molecule has 0 unspecified atom stereocenters. The fraction of sp³-hybridized carbons (Fsp3) is 0.380. The van der Waals surface area contributed by atoms with Crippen molar-refractivity contribution in [2.75, 3.05) is 47.8 Å². The van der Waals surface area contributed by atoms with E-state index in [0.29, 0.717) is 54.0 Å². The molecule has 5 heterocycles. The molecule has 0 fully saturated rings. The number of hydrogen-bond donors (Lipinski definition) is 1. The molecule has 0 spiro atoms. The second kappa shape index (κ2) is 28.2. The van der Waals surface area contributed by atoms with E-state index >= 15 is 0 Å². The zero-order chi connectivity index (χ0) is 67.6. The SMILES string of the molecule is CO.COC(=O)COc1c2cc(C(C)(C)C)cc1Sc1cc(C(C)(C)C)cc3c1OCCn1cc(nn1)COc1cccc4c1C(=O)c1c(cccc1C4=O)OCc1cn(nn1)CCOc1c(cc(C(C)(C)C)cc1Sc1cc(C(C)(C)C)cc(c1OCC(=O)OC)S3)S2. The van der Waals surface area contributed by atoms with Gasteiger partial charge in [0.2, 0.25) is 5.78 Å². The summed E-state index contributed by atoms with van der Waals surface area (Å²) in [7, 11) is 3.68. The topological polar surface area (TPSA) is 224 Å².